The van der Waals surface area contributed by atoms with E-state index in [0.29, 0.717) is 11.7 Å². The van der Waals surface area contributed by atoms with Crippen LogP contribution in [0.1, 0.15) is 49.1 Å². The molecule has 3 rings (SSSR count). The Morgan fingerprint density at radius 3 is 2.88 bits per heavy atom. The standard InChI is InChI=1S/C19H26N4O/c1-2-3-13-22(16-8-5-4-6-9-16)19(24)18-11-14-23(21-18)17-10-7-12-20-15-17/h4-6,8-9,11,14,17,20H,2-3,7,10,12-13,15H2,1H3. The molecule has 1 amide bonds. The molecule has 0 saturated carbocycles. The minimum absolute atomic E-state index is 0.0165. The smallest absolute Gasteiger partial charge is 0.278 e. The molecule has 1 aliphatic heterocycles. The van der Waals surface area contributed by atoms with E-state index in [0.717, 1.165) is 51.0 Å². The number of para-hydroxylation sites is 1. The second-order valence-corrected chi connectivity index (χ2v) is 6.33. The SMILES string of the molecule is CCCCN(C(=O)c1ccn(C2CCCNC2)n1)c1ccccc1. The molecule has 1 unspecified atom stereocenters. The molecule has 0 bridgehead atoms. The Bertz CT molecular complexity index is 646. The Morgan fingerprint density at radius 2 is 2.17 bits per heavy atom. The van der Waals surface area contributed by atoms with Crippen LogP contribution in [0.5, 0.6) is 0 Å². The van der Waals surface area contributed by atoms with Crippen molar-refractivity contribution < 1.29 is 4.79 Å². The molecule has 1 aromatic heterocycles. The lowest BCUT2D eigenvalue weighted by molar-refractivity contribution is 0.0980. The summed E-state index contributed by atoms with van der Waals surface area (Å²) < 4.78 is 1.95. The number of unbranched alkanes of at least 4 members (excludes halogenated alkanes) is 1. The second kappa shape index (κ2) is 8.11. The van der Waals surface area contributed by atoms with Gasteiger partial charge in [0.2, 0.25) is 0 Å². The van der Waals surface area contributed by atoms with Crippen LogP contribution in [0.15, 0.2) is 42.6 Å². The van der Waals surface area contributed by atoms with E-state index in [4.69, 9.17) is 0 Å². The van der Waals surface area contributed by atoms with Crippen molar-refractivity contribution in [1.82, 2.24) is 15.1 Å². The highest BCUT2D eigenvalue weighted by Crippen LogP contribution is 2.19. The summed E-state index contributed by atoms with van der Waals surface area (Å²) in [5, 5.41) is 7.97. The van der Waals surface area contributed by atoms with Crippen LogP contribution < -0.4 is 10.2 Å². The van der Waals surface area contributed by atoms with Gasteiger partial charge in [0.15, 0.2) is 5.69 Å². The first-order valence-corrected chi connectivity index (χ1v) is 8.92. The van der Waals surface area contributed by atoms with Crippen LogP contribution in [0.2, 0.25) is 0 Å². The Hall–Kier alpha value is -2.14. The summed E-state index contributed by atoms with van der Waals surface area (Å²) in [6, 6.07) is 12.1. The van der Waals surface area contributed by atoms with Crippen molar-refractivity contribution in [1.29, 1.82) is 0 Å². The van der Waals surface area contributed by atoms with Gasteiger partial charge in [-0.15, -0.1) is 0 Å². The van der Waals surface area contributed by atoms with Crippen LogP contribution >= 0.6 is 0 Å². The zero-order valence-electron chi connectivity index (χ0n) is 14.3. The zero-order chi connectivity index (χ0) is 16.8. The Balaban J connectivity index is 1.78. The van der Waals surface area contributed by atoms with Crippen molar-refractivity contribution in [2.75, 3.05) is 24.5 Å². The largest absolute Gasteiger partial charge is 0.315 e. The van der Waals surface area contributed by atoms with E-state index >= 15 is 0 Å². The van der Waals surface area contributed by atoms with E-state index in [1.165, 1.54) is 0 Å². The van der Waals surface area contributed by atoms with Gasteiger partial charge in [-0.25, -0.2) is 0 Å². The lowest BCUT2D eigenvalue weighted by atomic mass is 10.1. The van der Waals surface area contributed by atoms with Crippen molar-refractivity contribution >= 4 is 11.6 Å². The van der Waals surface area contributed by atoms with Gasteiger partial charge in [-0.2, -0.15) is 5.10 Å². The van der Waals surface area contributed by atoms with Gasteiger partial charge in [-0.05, 0) is 44.0 Å². The second-order valence-electron chi connectivity index (χ2n) is 6.33. The third-order valence-corrected chi connectivity index (χ3v) is 4.52. The number of nitrogens with zero attached hydrogens (tertiary/aromatic N) is 3. The van der Waals surface area contributed by atoms with Crippen LogP contribution in [0.3, 0.4) is 0 Å². The lowest BCUT2D eigenvalue weighted by Crippen LogP contribution is -2.33. The maximum Gasteiger partial charge on any atom is 0.278 e. The van der Waals surface area contributed by atoms with Gasteiger partial charge in [0, 0.05) is 25.0 Å². The van der Waals surface area contributed by atoms with Gasteiger partial charge in [0.1, 0.15) is 0 Å². The summed E-state index contributed by atoms with van der Waals surface area (Å²) in [7, 11) is 0. The van der Waals surface area contributed by atoms with Crippen LogP contribution in [0.25, 0.3) is 0 Å². The quantitative estimate of drug-likeness (QED) is 0.886. The number of hydrogen-bond donors (Lipinski definition) is 1. The molecule has 0 spiro atoms. The van der Waals surface area contributed by atoms with Crippen molar-refractivity contribution in [3.63, 3.8) is 0 Å². The van der Waals surface area contributed by atoms with E-state index in [-0.39, 0.29) is 5.91 Å². The van der Waals surface area contributed by atoms with E-state index in [2.05, 4.69) is 17.3 Å². The van der Waals surface area contributed by atoms with Gasteiger partial charge < -0.3 is 10.2 Å². The molecular formula is C19H26N4O. The monoisotopic (exact) mass is 326 g/mol. The Labute approximate surface area is 143 Å². The number of aromatic nitrogens is 2. The summed E-state index contributed by atoms with van der Waals surface area (Å²) in [5.41, 5.74) is 1.46. The van der Waals surface area contributed by atoms with Gasteiger partial charge >= 0.3 is 0 Å². The summed E-state index contributed by atoms with van der Waals surface area (Å²) in [6.45, 7) is 4.85. The van der Waals surface area contributed by atoms with Crippen LogP contribution in [0, 0.1) is 0 Å². The lowest BCUT2D eigenvalue weighted by Gasteiger charge is -2.23. The van der Waals surface area contributed by atoms with Crippen molar-refractivity contribution in [3.8, 4) is 0 Å². The summed E-state index contributed by atoms with van der Waals surface area (Å²) >= 11 is 0. The van der Waals surface area contributed by atoms with Crippen LogP contribution in [0.4, 0.5) is 5.69 Å². The molecule has 2 heterocycles. The molecule has 5 heteroatoms. The van der Waals surface area contributed by atoms with Crippen LogP contribution in [-0.2, 0) is 0 Å². The Kier molecular flexibility index (Phi) is 5.64. The fourth-order valence-corrected chi connectivity index (χ4v) is 3.13. The highest BCUT2D eigenvalue weighted by molar-refractivity contribution is 6.04. The molecule has 1 aromatic carbocycles. The van der Waals surface area contributed by atoms with E-state index in [1.807, 2.05) is 52.2 Å². The summed E-state index contributed by atoms with van der Waals surface area (Å²) in [5.74, 6) is -0.0165. The fourth-order valence-electron chi connectivity index (χ4n) is 3.13. The molecule has 0 radical (unpaired) electrons. The highest BCUT2D eigenvalue weighted by atomic mass is 16.2. The maximum absolute atomic E-state index is 13.0. The number of nitrogens with one attached hydrogen (secondary N) is 1. The first-order valence-electron chi connectivity index (χ1n) is 8.92. The van der Waals surface area contributed by atoms with E-state index in [1.54, 1.807) is 0 Å². The normalized spacial score (nSPS) is 17.6. The van der Waals surface area contributed by atoms with E-state index in [9.17, 15) is 4.79 Å². The average Bonchev–Trinajstić information content (AvgIpc) is 3.14. The highest BCUT2D eigenvalue weighted by Gasteiger charge is 2.22. The fraction of sp³-hybridized carbons (Fsp3) is 0.474. The maximum atomic E-state index is 13.0. The third-order valence-electron chi connectivity index (χ3n) is 4.52. The number of hydrogen-bond acceptors (Lipinski definition) is 3. The van der Waals surface area contributed by atoms with Gasteiger partial charge in [-0.3, -0.25) is 9.48 Å². The molecule has 0 aliphatic carbocycles. The predicted molar refractivity (Wildman–Crippen MR) is 96.4 cm³/mol. The first-order chi connectivity index (χ1) is 11.8. The zero-order valence-corrected chi connectivity index (χ0v) is 14.3. The molecular weight excluding hydrogens is 300 g/mol. The van der Waals surface area contributed by atoms with Gasteiger partial charge in [0.05, 0.1) is 6.04 Å². The number of carbonyl (C=O) groups is 1. The molecule has 128 valence electrons. The van der Waals surface area contributed by atoms with Crippen LogP contribution in [-0.4, -0.2) is 35.3 Å². The van der Waals surface area contributed by atoms with Crippen molar-refractivity contribution in [3.05, 3.63) is 48.3 Å². The number of rotatable bonds is 6. The molecule has 24 heavy (non-hydrogen) atoms. The molecule has 5 nitrogen and oxygen atoms in total. The molecule has 1 atom stereocenters. The summed E-state index contributed by atoms with van der Waals surface area (Å²) in [6.07, 6.45) is 6.24. The summed E-state index contributed by atoms with van der Waals surface area (Å²) in [4.78, 5) is 14.8. The topological polar surface area (TPSA) is 50.2 Å². The first kappa shape index (κ1) is 16.7. The molecule has 1 N–H and O–H groups in total. The van der Waals surface area contributed by atoms with Crippen molar-refractivity contribution in [2.45, 2.75) is 38.6 Å². The van der Waals surface area contributed by atoms with Crippen molar-refractivity contribution in [2.24, 2.45) is 0 Å². The number of benzene rings is 1. The number of carbonyl (C=O) groups excluding carboxylic acids is 1. The average molecular weight is 326 g/mol. The molecule has 1 aliphatic rings. The Morgan fingerprint density at radius 1 is 1.33 bits per heavy atom. The van der Waals surface area contributed by atoms with Gasteiger partial charge in [0.25, 0.3) is 5.91 Å². The minimum Gasteiger partial charge on any atom is -0.315 e. The molecule has 1 fully saturated rings. The third kappa shape index (κ3) is 3.85. The number of anilines is 1. The minimum atomic E-state index is -0.0165. The van der Waals surface area contributed by atoms with E-state index < -0.39 is 0 Å². The predicted octanol–water partition coefficient (Wildman–Crippen LogP) is 3.25. The number of piperidine rings is 1. The number of amides is 1. The molecule has 2 aromatic rings. The molecule has 1 saturated heterocycles. The van der Waals surface area contributed by atoms with Gasteiger partial charge in [-0.1, -0.05) is 31.5 Å².